The Balaban J connectivity index is 1.60. The molecule has 1 saturated heterocycles. The van der Waals surface area contributed by atoms with E-state index in [9.17, 15) is 14.4 Å². The van der Waals surface area contributed by atoms with Crippen molar-refractivity contribution in [1.82, 2.24) is 9.47 Å². The molecule has 1 aliphatic carbocycles. The number of carbonyl (C=O) groups is 3. The van der Waals surface area contributed by atoms with Crippen LogP contribution in [0.25, 0.3) is 17.0 Å². The number of likely N-dealkylation sites (tertiary alicyclic amines) is 1. The largest absolute Gasteiger partial charge is 0.341 e. The standard InChI is InChI=1S/C26H24N2O3/c1-2-17-8-7-11-19-18(14-22-25(30)20-9-3-4-10-21(20)26(22)31)15-28(24(17)19)16-23(29)27-12-5-6-13-27/h3-4,7-11,14-15H,2,5-6,12-13,16H2,1H3. The van der Waals surface area contributed by atoms with Crippen molar-refractivity contribution in [3.05, 3.63) is 76.5 Å². The first-order valence-corrected chi connectivity index (χ1v) is 10.9. The van der Waals surface area contributed by atoms with E-state index in [-0.39, 0.29) is 29.6 Å². The Labute approximate surface area is 181 Å². The van der Waals surface area contributed by atoms with E-state index in [1.807, 2.05) is 27.8 Å². The second-order valence-corrected chi connectivity index (χ2v) is 8.23. The van der Waals surface area contributed by atoms with Crippen LogP contribution in [0.2, 0.25) is 0 Å². The van der Waals surface area contributed by atoms with E-state index in [1.165, 1.54) is 0 Å². The molecule has 5 heteroatoms. The molecule has 0 unspecified atom stereocenters. The lowest BCUT2D eigenvalue weighted by atomic mass is 10.0. The number of amides is 1. The zero-order chi connectivity index (χ0) is 21.5. The summed E-state index contributed by atoms with van der Waals surface area (Å²) >= 11 is 0. The van der Waals surface area contributed by atoms with Crippen LogP contribution in [0.1, 0.15) is 51.6 Å². The van der Waals surface area contributed by atoms with E-state index in [2.05, 4.69) is 13.0 Å². The van der Waals surface area contributed by atoms with Crippen LogP contribution in [0.5, 0.6) is 0 Å². The smallest absolute Gasteiger partial charge is 0.242 e. The van der Waals surface area contributed by atoms with Gasteiger partial charge in [0.2, 0.25) is 5.91 Å². The van der Waals surface area contributed by atoms with Crippen LogP contribution in [-0.2, 0) is 17.8 Å². The zero-order valence-corrected chi connectivity index (χ0v) is 17.6. The van der Waals surface area contributed by atoms with Gasteiger partial charge < -0.3 is 9.47 Å². The SMILES string of the molecule is CCc1cccc2c(C=C3C(=O)c4ccccc4C3=O)cn(CC(=O)N3CCCC3)c12. The van der Waals surface area contributed by atoms with Gasteiger partial charge in [0, 0.05) is 41.4 Å². The third kappa shape index (κ3) is 3.21. The Morgan fingerprint density at radius 3 is 2.29 bits per heavy atom. The highest BCUT2D eigenvalue weighted by atomic mass is 16.2. The number of hydrogen-bond acceptors (Lipinski definition) is 3. The summed E-state index contributed by atoms with van der Waals surface area (Å²) in [6, 6.07) is 13.0. The Hall–Kier alpha value is -3.47. The van der Waals surface area contributed by atoms with E-state index < -0.39 is 0 Å². The first-order valence-electron chi connectivity index (χ1n) is 10.9. The molecule has 2 aliphatic rings. The topological polar surface area (TPSA) is 59.4 Å². The Morgan fingerprint density at radius 1 is 0.968 bits per heavy atom. The molecule has 0 radical (unpaired) electrons. The Kier molecular flexibility index (Phi) is 4.81. The predicted molar refractivity (Wildman–Crippen MR) is 120 cm³/mol. The molecule has 2 aromatic carbocycles. The minimum atomic E-state index is -0.235. The molecule has 5 nitrogen and oxygen atoms in total. The average molecular weight is 412 g/mol. The molecule has 1 aromatic heterocycles. The summed E-state index contributed by atoms with van der Waals surface area (Å²) in [4.78, 5) is 40.5. The molecule has 156 valence electrons. The maximum atomic E-state index is 12.9. The van der Waals surface area contributed by atoms with Crippen LogP contribution in [0, 0.1) is 0 Å². The van der Waals surface area contributed by atoms with Gasteiger partial charge in [0.15, 0.2) is 11.6 Å². The summed E-state index contributed by atoms with van der Waals surface area (Å²) in [5, 5.41) is 0.956. The van der Waals surface area contributed by atoms with Crippen LogP contribution < -0.4 is 0 Å². The lowest BCUT2D eigenvalue weighted by Gasteiger charge is -2.16. The van der Waals surface area contributed by atoms with E-state index in [0.717, 1.165) is 54.4 Å². The van der Waals surface area contributed by atoms with Crippen molar-refractivity contribution < 1.29 is 14.4 Å². The summed E-state index contributed by atoms with van der Waals surface area (Å²) in [5.74, 6) is -0.359. The number of rotatable bonds is 4. The van der Waals surface area contributed by atoms with Crippen molar-refractivity contribution in [1.29, 1.82) is 0 Å². The Morgan fingerprint density at radius 2 is 1.65 bits per heavy atom. The molecular weight excluding hydrogens is 388 g/mol. The molecule has 1 fully saturated rings. The van der Waals surface area contributed by atoms with Gasteiger partial charge in [0.05, 0.1) is 11.1 Å². The van der Waals surface area contributed by atoms with Gasteiger partial charge in [0.1, 0.15) is 6.54 Å². The fraction of sp³-hybridized carbons (Fsp3) is 0.269. The molecular formula is C26H24N2O3. The molecule has 0 N–H and O–H groups in total. The van der Waals surface area contributed by atoms with Crippen LogP contribution in [0.3, 0.4) is 0 Å². The summed E-state index contributed by atoms with van der Waals surface area (Å²) in [7, 11) is 0. The van der Waals surface area contributed by atoms with Crippen molar-refractivity contribution in [2.24, 2.45) is 0 Å². The molecule has 3 aromatic rings. The van der Waals surface area contributed by atoms with Crippen LogP contribution in [-0.4, -0.2) is 40.0 Å². The lowest BCUT2D eigenvalue weighted by Crippen LogP contribution is -2.30. The molecule has 5 rings (SSSR count). The first kappa shape index (κ1) is 19.5. The number of nitrogens with zero attached hydrogens (tertiary/aromatic N) is 2. The van der Waals surface area contributed by atoms with Crippen LogP contribution in [0.4, 0.5) is 0 Å². The third-order valence-corrected chi connectivity index (χ3v) is 6.36. The second kappa shape index (κ2) is 7.65. The molecule has 0 saturated carbocycles. The van der Waals surface area contributed by atoms with E-state index in [0.29, 0.717) is 11.1 Å². The fourth-order valence-corrected chi connectivity index (χ4v) is 4.76. The molecule has 1 aliphatic heterocycles. The number of aromatic nitrogens is 1. The monoisotopic (exact) mass is 412 g/mol. The molecule has 0 spiro atoms. The quantitative estimate of drug-likeness (QED) is 0.474. The molecule has 0 bridgehead atoms. The van der Waals surface area contributed by atoms with Gasteiger partial charge >= 0.3 is 0 Å². The van der Waals surface area contributed by atoms with Crippen molar-refractivity contribution >= 4 is 34.5 Å². The maximum absolute atomic E-state index is 12.9. The summed E-state index contributed by atoms with van der Waals surface area (Å²) in [6.45, 7) is 3.99. The highest BCUT2D eigenvalue weighted by Crippen LogP contribution is 2.32. The van der Waals surface area contributed by atoms with Crippen LogP contribution >= 0.6 is 0 Å². The number of fused-ring (bicyclic) bond motifs is 2. The van der Waals surface area contributed by atoms with Gasteiger partial charge in [-0.1, -0.05) is 49.4 Å². The molecule has 1 amide bonds. The summed E-state index contributed by atoms with van der Waals surface area (Å²) in [6.07, 6.45) is 6.55. The van der Waals surface area contributed by atoms with E-state index in [4.69, 9.17) is 0 Å². The van der Waals surface area contributed by atoms with E-state index >= 15 is 0 Å². The first-order chi connectivity index (χ1) is 15.1. The normalized spacial score (nSPS) is 15.8. The summed E-state index contributed by atoms with van der Waals surface area (Å²) < 4.78 is 1.98. The van der Waals surface area contributed by atoms with Gasteiger partial charge in [-0.3, -0.25) is 14.4 Å². The summed E-state index contributed by atoms with van der Waals surface area (Å²) in [5.41, 5.74) is 4.04. The average Bonchev–Trinajstić information content (AvgIpc) is 3.50. The van der Waals surface area contributed by atoms with Gasteiger partial charge in [0.25, 0.3) is 0 Å². The molecule has 31 heavy (non-hydrogen) atoms. The number of hydrogen-bond donors (Lipinski definition) is 0. The number of ketones is 2. The number of aryl methyl sites for hydroxylation is 1. The van der Waals surface area contributed by atoms with Gasteiger partial charge in [-0.25, -0.2) is 0 Å². The third-order valence-electron chi connectivity index (χ3n) is 6.36. The van der Waals surface area contributed by atoms with Crippen molar-refractivity contribution in [2.45, 2.75) is 32.7 Å². The number of para-hydroxylation sites is 1. The zero-order valence-electron chi connectivity index (χ0n) is 17.6. The Bertz CT molecular complexity index is 1220. The van der Waals surface area contributed by atoms with Crippen LogP contribution in [0.15, 0.2) is 54.2 Å². The second-order valence-electron chi connectivity index (χ2n) is 8.23. The van der Waals surface area contributed by atoms with Gasteiger partial charge in [-0.2, -0.15) is 0 Å². The number of allylic oxidation sites excluding steroid dienone is 1. The van der Waals surface area contributed by atoms with Gasteiger partial charge in [-0.15, -0.1) is 0 Å². The maximum Gasteiger partial charge on any atom is 0.242 e. The highest BCUT2D eigenvalue weighted by molar-refractivity contribution is 6.41. The van der Waals surface area contributed by atoms with E-state index in [1.54, 1.807) is 30.3 Å². The number of benzene rings is 2. The lowest BCUT2D eigenvalue weighted by molar-refractivity contribution is -0.130. The highest BCUT2D eigenvalue weighted by Gasteiger charge is 2.33. The van der Waals surface area contributed by atoms with Crippen molar-refractivity contribution in [3.8, 4) is 0 Å². The minimum Gasteiger partial charge on any atom is -0.341 e. The number of Topliss-reactive ketones (excluding diaryl/α,β-unsaturated/α-hetero) is 2. The molecule has 0 atom stereocenters. The minimum absolute atomic E-state index is 0.111. The van der Waals surface area contributed by atoms with Crippen molar-refractivity contribution in [3.63, 3.8) is 0 Å². The molecule has 2 heterocycles. The fourth-order valence-electron chi connectivity index (χ4n) is 4.76. The van der Waals surface area contributed by atoms with Gasteiger partial charge in [-0.05, 0) is 30.9 Å². The predicted octanol–water partition coefficient (Wildman–Crippen LogP) is 4.29. The van der Waals surface area contributed by atoms with Crippen molar-refractivity contribution in [2.75, 3.05) is 13.1 Å². The number of carbonyl (C=O) groups excluding carboxylic acids is 3.